The number of alkyl halides is 1. The Hall–Kier alpha value is -0.613. The molecular formula is C24H35ISi. The van der Waals surface area contributed by atoms with Gasteiger partial charge in [0.15, 0.2) is 0 Å². The number of unbranched alkanes of at least 4 members (excludes halogenated alkanes) is 5. The second-order valence-electron chi connectivity index (χ2n) is 8.45. The molecule has 26 heavy (non-hydrogen) atoms. The topological polar surface area (TPSA) is 0 Å². The van der Waals surface area contributed by atoms with E-state index in [0.29, 0.717) is 5.04 Å². The van der Waals surface area contributed by atoms with Crippen LogP contribution in [0.15, 0.2) is 60.7 Å². The third-order valence-corrected chi connectivity index (χ3v) is 12.8. The molecule has 0 atom stereocenters. The Bertz CT molecular complexity index is 576. The molecule has 0 bridgehead atoms. The highest BCUT2D eigenvalue weighted by Crippen LogP contribution is 2.39. The summed E-state index contributed by atoms with van der Waals surface area (Å²) in [5.74, 6) is 0. The van der Waals surface area contributed by atoms with E-state index in [1.54, 1.807) is 10.4 Å². The summed E-state index contributed by atoms with van der Waals surface area (Å²) in [6.07, 6.45) is 8.33. The van der Waals surface area contributed by atoms with Gasteiger partial charge in [-0.1, -0.05) is 147 Å². The van der Waals surface area contributed by atoms with Crippen molar-refractivity contribution in [2.24, 2.45) is 0 Å². The van der Waals surface area contributed by atoms with Gasteiger partial charge in [0.2, 0.25) is 0 Å². The summed E-state index contributed by atoms with van der Waals surface area (Å²) in [6.45, 7) is 7.42. The standard InChI is InChI=1S/C24H35ISi/c1-24(2,3)26(22-16-10-8-11-17-22,23-18-12-9-13-19-23)21-15-7-5-4-6-14-20-25/h8-13,16-19H,4-7,14-15,20-21H2,1-3H3. The van der Waals surface area contributed by atoms with Crippen LogP contribution in [0.3, 0.4) is 0 Å². The quantitative estimate of drug-likeness (QED) is 0.152. The molecule has 0 aliphatic heterocycles. The van der Waals surface area contributed by atoms with Gasteiger partial charge in [-0.05, 0) is 21.9 Å². The van der Waals surface area contributed by atoms with E-state index in [9.17, 15) is 0 Å². The summed E-state index contributed by atoms with van der Waals surface area (Å²) in [6, 6.07) is 24.2. The molecule has 2 rings (SSSR count). The first-order valence-electron chi connectivity index (χ1n) is 10.2. The minimum Gasteiger partial charge on any atom is -0.0864 e. The van der Waals surface area contributed by atoms with Crippen molar-refractivity contribution in [3.63, 3.8) is 0 Å². The van der Waals surface area contributed by atoms with Crippen molar-refractivity contribution in [3.8, 4) is 0 Å². The van der Waals surface area contributed by atoms with Crippen LogP contribution in [-0.2, 0) is 0 Å². The fourth-order valence-electron chi connectivity index (χ4n) is 4.33. The van der Waals surface area contributed by atoms with Crippen LogP contribution >= 0.6 is 22.6 Å². The van der Waals surface area contributed by atoms with E-state index in [1.165, 1.54) is 49.0 Å². The molecule has 0 fully saturated rings. The Labute approximate surface area is 176 Å². The Balaban J connectivity index is 2.24. The zero-order chi connectivity index (χ0) is 18.9. The number of halogens is 1. The fraction of sp³-hybridized carbons (Fsp3) is 0.500. The van der Waals surface area contributed by atoms with Crippen LogP contribution < -0.4 is 10.4 Å². The summed E-state index contributed by atoms with van der Waals surface area (Å²) >= 11 is 2.49. The Morgan fingerprint density at radius 2 is 1.08 bits per heavy atom. The van der Waals surface area contributed by atoms with Crippen LogP contribution in [0, 0.1) is 0 Å². The van der Waals surface area contributed by atoms with Gasteiger partial charge in [0.1, 0.15) is 8.07 Å². The molecule has 0 unspecified atom stereocenters. The second-order valence-corrected chi connectivity index (χ2v) is 14.5. The first kappa shape index (κ1) is 21.7. The van der Waals surface area contributed by atoms with Gasteiger partial charge in [0, 0.05) is 0 Å². The molecule has 142 valence electrons. The lowest BCUT2D eigenvalue weighted by Gasteiger charge is -2.44. The van der Waals surface area contributed by atoms with E-state index in [0.717, 1.165) is 0 Å². The summed E-state index contributed by atoms with van der Waals surface area (Å²) in [5.41, 5.74) is 0. The number of hydrogen-bond acceptors (Lipinski definition) is 0. The lowest BCUT2D eigenvalue weighted by molar-refractivity contribution is 0.621. The molecule has 0 saturated heterocycles. The van der Waals surface area contributed by atoms with E-state index in [4.69, 9.17) is 0 Å². The van der Waals surface area contributed by atoms with E-state index in [2.05, 4.69) is 104 Å². The van der Waals surface area contributed by atoms with Crippen molar-refractivity contribution in [2.75, 3.05) is 4.43 Å². The monoisotopic (exact) mass is 478 g/mol. The van der Waals surface area contributed by atoms with Gasteiger partial charge in [-0.3, -0.25) is 0 Å². The van der Waals surface area contributed by atoms with Crippen LogP contribution in [0.4, 0.5) is 0 Å². The van der Waals surface area contributed by atoms with Crippen molar-refractivity contribution in [3.05, 3.63) is 60.7 Å². The molecule has 0 aromatic heterocycles. The van der Waals surface area contributed by atoms with Gasteiger partial charge in [0.25, 0.3) is 0 Å². The molecule has 0 saturated carbocycles. The summed E-state index contributed by atoms with van der Waals surface area (Å²) < 4.78 is 1.31. The molecule has 0 aliphatic carbocycles. The molecular weight excluding hydrogens is 443 g/mol. The SMILES string of the molecule is CC(C)(C)[Si](CCCCCCCCI)(c1ccccc1)c1ccccc1. The predicted octanol–water partition coefficient (Wildman–Crippen LogP) is 6.83. The summed E-state index contributed by atoms with van der Waals surface area (Å²) in [7, 11) is -1.83. The molecule has 0 radical (unpaired) electrons. The first-order valence-corrected chi connectivity index (χ1v) is 13.9. The zero-order valence-electron chi connectivity index (χ0n) is 16.8. The molecule has 0 N–H and O–H groups in total. The van der Waals surface area contributed by atoms with Gasteiger partial charge in [0.05, 0.1) is 0 Å². The van der Waals surface area contributed by atoms with Gasteiger partial charge in [-0.15, -0.1) is 0 Å². The molecule has 2 aromatic rings. The van der Waals surface area contributed by atoms with E-state index >= 15 is 0 Å². The van der Waals surface area contributed by atoms with Crippen molar-refractivity contribution in [1.29, 1.82) is 0 Å². The van der Waals surface area contributed by atoms with Crippen LogP contribution in [0.2, 0.25) is 11.1 Å². The zero-order valence-corrected chi connectivity index (χ0v) is 20.0. The molecule has 2 aromatic carbocycles. The Morgan fingerprint density at radius 1 is 0.654 bits per heavy atom. The fourth-order valence-corrected chi connectivity index (χ4v) is 10.6. The van der Waals surface area contributed by atoms with Crippen LogP contribution in [-0.4, -0.2) is 12.5 Å². The maximum absolute atomic E-state index is 2.49. The molecule has 0 heterocycles. The summed E-state index contributed by atoms with van der Waals surface area (Å²) in [4.78, 5) is 0. The third-order valence-electron chi connectivity index (χ3n) is 5.75. The number of hydrogen-bond donors (Lipinski definition) is 0. The average molecular weight is 479 g/mol. The molecule has 0 nitrogen and oxygen atoms in total. The number of benzene rings is 2. The average Bonchev–Trinajstić information content (AvgIpc) is 2.64. The molecule has 2 heteroatoms. The first-order chi connectivity index (χ1) is 12.5. The molecule has 0 amide bonds. The maximum atomic E-state index is 2.49. The second kappa shape index (κ2) is 10.7. The van der Waals surface area contributed by atoms with Crippen LogP contribution in [0.25, 0.3) is 0 Å². The third kappa shape index (κ3) is 5.45. The lowest BCUT2D eigenvalue weighted by Crippen LogP contribution is -2.64. The lowest BCUT2D eigenvalue weighted by atomic mass is 10.1. The van der Waals surface area contributed by atoms with Crippen molar-refractivity contribution in [2.45, 2.75) is 70.4 Å². The van der Waals surface area contributed by atoms with Gasteiger partial charge >= 0.3 is 0 Å². The van der Waals surface area contributed by atoms with Crippen molar-refractivity contribution >= 4 is 41.0 Å². The van der Waals surface area contributed by atoms with Gasteiger partial charge < -0.3 is 0 Å². The Kier molecular flexibility index (Phi) is 8.88. The highest BCUT2D eigenvalue weighted by atomic mass is 127. The molecule has 0 spiro atoms. The van der Waals surface area contributed by atoms with E-state index in [1.807, 2.05) is 0 Å². The van der Waals surface area contributed by atoms with Crippen molar-refractivity contribution in [1.82, 2.24) is 0 Å². The largest absolute Gasteiger partial charge is 0.123 e. The molecule has 0 aliphatic rings. The van der Waals surface area contributed by atoms with Crippen LogP contribution in [0.1, 0.15) is 59.3 Å². The predicted molar refractivity (Wildman–Crippen MR) is 129 cm³/mol. The van der Waals surface area contributed by atoms with E-state index < -0.39 is 8.07 Å². The van der Waals surface area contributed by atoms with Crippen LogP contribution in [0.5, 0.6) is 0 Å². The van der Waals surface area contributed by atoms with E-state index in [-0.39, 0.29) is 0 Å². The minimum absolute atomic E-state index is 0.302. The van der Waals surface area contributed by atoms with Gasteiger partial charge in [-0.2, -0.15) is 0 Å². The Morgan fingerprint density at radius 3 is 1.50 bits per heavy atom. The smallest absolute Gasteiger partial charge is 0.0864 e. The normalized spacial score (nSPS) is 12.3. The number of rotatable bonds is 10. The maximum Gasteiger partial charge on any atom is 0.123 e. The minimum atomic E-state index is -1.83. The summed E-state index contributed by atoms with van der Waals surface area (Å²) in [5, 5.41) is 3.50. The van der Waals surface area contributed by atoms with Gasteiger partial charge in [-0.25, -0.2) is 0 Å². The highest BCUT2D eigenvalue weighted by Gasteiger charge is 2.46. The highest BCUT2D eigenvalue weighted by molar-refractivity contribution is 14.1. The van der Waals surface area contributed by atoms with Crippen molar-refractivity contribution < 1.29 is 0 Å².